The Kier molecular flexibility index (Phi) is 5.20. The molecule has 1 heterocycles. The van der Waals surface area contributed by atoms with Crippen LogP contribution in [0.3, 0.4) is 0 Å². The maximum atomic E-state index is 13.0. The molecular formula is C23H30N2O2. The van der Waals surface area contributed by atoms with Gasteiger partial charge in [-0.1, -0.05) is 48.5 Å². The first-order valence-corrected chi connectivity index (χ1v) is 9.51. The van der Waals surface area contributed by atoms with E-state index >= 15 is 0 Å². The van der Waals surface area contributed by atoms with E-state index in [4.69, 9.17) is 10.2 Å². The molecule has 0 bridgehead atoms. The van der Waals surface area contributed by atoms with Gasteiger partial charge in [0.25, 0.3) is 0 Å². The molecule has 3 rings (SSSR count). The third-order valence-electron chi connectivity index (χ3n) is 4.80. The van der Waals surface area contributed by atoms with Crippen molar-refractivity contribution in [3.63, 3.8) is 0 Å². The number of para-hydroxylation sites is 1. The number of hydrogen-bond acceptors (Lipinski definition) is 4. The van der Waals surface area contributed by atoms with E-state index in [1.807, 2.05) is 36.4 Å². The summed E-state index contributed by atoms with van der Waals surface area (Å²) in [6.45, 7) is -1.35. The zero-order chi connectivity index (χ0) is 22.5. The minimum atomic E-state index is -2.02. The Morgan fingerprint density at radius 1 is 1.11 bits per heavy atom. The average molecular weight is 371 g/mol. The van der Waals surface area contributed by atoms with E-state index < -0.39 is 24.4 Å². The maximum absolute atomic E-state index is 13.0. The second-order valence-corrected chi connectivity index (χ2v) is 6.64. The molecule has 0 atom stereocenters. The molecule has 1 fully saturated rings. The number of anilines is 1. The molecule has 0 spiro atoms. The molecule has 0 radical (unpaired) electrons. The van der Waals surface area contributed by atoms with Crippen LogP contribution in [-0.2, 0) is 14.9 Å². The van der Waals surface area contributed by atoms with Gasteiger partial charge in [0, 0.05) is 17.7 Å². The number of carbonyl (C=O) groups excluding carboxylic acids is 1. The van der Waals surface area contributed by atoms with Crippen LogP contribution in [0.2, 0.25) is 0 Å². The summed E-state index contributed by atoms with van der Waals surface area (Å²) in [5.74, 6) is -0.570. The molecule has 0 unspecified atom stereocenters. The highest BCUT2D eigenvalue weighted by Crippen LogP contribution is 2.37. The van der Waals surface area contributed by atoms with E-state index in [1.54, 1.807) is 31.2 Å². The zero-order valence-corrected chi connectivity index (χ0v) is 15.8. The van der Waals surface area contributed by atoms with Crippen molar-refractivity contribution in [2.45, 2.75) is 31.6 Å². The van der Waals surface area contributed by atoms with Gasteiger partial charge in [-0.15, -0.1) is 0 Å². The summed E-state index contributed by atoms with van der Waals surface area (Å²) in [4.78, 5) is 14.3. The Hall–Kier alpha value is -2.33. The summed E-state index contributed by atoms with van der Waals surface area (Å²) in [6.07, 6.45) is 0.245. The standard InChI is InChI=1S/C23H30N2O2/c1-2-27-22(26)23(20-10-5-3-6-11-20)14-18-25(19-15-23)17-9-16-24-21-12-7-4-8-13-21/h3-8,10-13,24H,2,9,14-19H2,1H3/i18D2,19D2. The molecule has 2 aromatic carbocycles. The molecule has 2 aromatic rings. The first kappa shape index (κ1) is 14.7. The normalized spacial score (nSPS) is 22.6. The summed E-state index contributed by atoms with van der Waals surface area (Å²) >= 11 is 0. The Balaban J connectivity index is 1.79. The number of nitrogens with zero attached hydrogens (tertiary/aromatic N) is 1. The predicted molar refractivity (Wildman–Crippen MR) is 110 cm³/mol. The van der Waals surface area contributed by atoms with Crippen molar-refractivity contribution in [2.24, 2.45) is 0 Å². The fraction of sp³-hybridized carbons (Fsp3) is 0.435. The number of esters is 1. The van der Waals surface area contributed by atoms with Gasteiger partial charge in [0.05, 0.1) is 12.0 Å². The molecule has 27 heavy (non-hydrogen) atoms. The molecule has 1 saturated heterocycles. The highest BCUT2D eigenvalue weighted by atomic mass is 16.5. The first-order valence-electron chi connectivity index (χ1n) is 11.5. The number of likely N-dealkylation sites (tertiary alicyclic amines) is 1. The van der Waals surface area contributed by atoms with E-state index in [0.717, 1.165) is 5.69 Å². The number of benzene rings is 2. The van der Waals surface area contributed by atoms with Crippen LogP contribution in [0.5, 0.6) is 0 Å². The van der Waals surface area contributed by atoms with Gasteiger partial charge in [0.2, 0.25) is 0 Å². The molecule has 1 N–H and O–H groups in total. The van der Waals surface area contributed by atoms with Crippen molar-refractivity contribution in [2.75, 3.05) is 38.0 Å². The topological polar surface area (TPSA) is 41.6 Å². The molecule has 144 valence electrons. The van der Waals surface area contributed by atoms with Gasteiger partial charge in [-0.05, 0) is 63.4 Å². The smallest absolute Gasteiger partial charge is 0.316 e. The first-order chi connectivity index (χ1) is 14.7. The lowest BCUT2D eigenvalue weighted by molar-refractivity contribution is -0.152. The van der Waals surface area contributed by atoms with Gasteiger partial charge in [-0.2, -0.15) is 0 Å². The molecular weight excluding hydrogens is 336 g/mol. The van der Waals surface area contributed by atoms with Gasteiger partial charge in [-0.3, -0.25) is 4.79 Å². The second-order valence-electron chi connectivity index (χ2n) is 6.64. The third kappa shape index (κ3) is 4.89. The average Bonchev–Trinajstić information content (AvgIpc) is 2.73. The van der Waals surface area contributed by atoms with Gasteiger partial charge in [-0.25, -0.2) is 0 Å². The monoisotopic (exact) mass is 370 g/mol. The van der Waals surface area contributed by atoms with Crippen molar-refractivity contribution in [1.29, 1.82) is 0 Å². The van der Waals surface area contributed by atoms with Crippen molar-refractivity contribution < 1.29 is 15.0 Å². The molecule has 0 saturated carbocycles. The minimum absolute atomic E-state index is 0.158. The lowest BCUT2D eigenvalue weighted by Crippen LogP contribution is -2.48. The highest BCUT2D eigenvalue weighted by Gasteiger charge is 2.43. The summed E-state index contributed by atoms with van der Waals surface area (Å²) in [5.41, 5.74) is 0.187. The summed E-state index contributed by atoms with van der Waals surface area (Å²) < 4.78 is 40.1. The molecule has 0 aromatic heterocycles. The van der Waals surface area contributed by atoms with Crippen molar-refractivity contribution in [1.82, 2.24) is 4.90 Å². The van der Waals surface area contributed by atoms with Crippen LogP contribution in [0.15, 0.2) is 60.7 Å². The van der Waals surface area contributed by atoms with Crippen LogP contribution in [0.4, 0.5) is 5.69 Å². The molecule has 4 nitrogen and oxygen atoms in total. The van der Waals surface area contributed by atoms with Crippen LogP contribution in [0.1, 0.15) is 37.2 Å². The van der Waals surface area contributed by atoms with E-state index in [-0.39, 0.29) is 26.0 Å². The van der Waals surface area contributed by atoms with Crippen LogP contribution in [0, 0.1) is 0 Å². The van der Waals surface area contributed by atoms with Crippen LogP contribution < -0.4 is 5.32 Å². The number of carbonyl (C=O) groups is 1. The van der Waals surface area contributed by atoms with Crippen molar-refractivity contribution >= 4 is 11.7 Å². The molecule has 0 aliphatic carbocycles. The van der Waals surface area contributed by atoms with E-state index in [0.29, 0.717) is 18.5 Å². The lowest BCUT2D eigenvalue weighted by Gasteiger charge is -2.40. The van der Waals surface area contributed by atoms with Crippen molar-refractivity contribution in [3.8, 4) is 0 Å². The van der Waals surface area contributed by atoms with Gasteiger partial charge < -0.3 is 15.0 Å². The van der Waals surface area contributed by atoms with Crippen molar-refractivity contribution in [3.05, 3.63) is 66.2 Å². The SMILES string of the molecule is [2H]C1([2H])CC(C(=O)OCC)(c2ccccc2)CC([2H])([2H])N1CCCNc1ccccc1. The fourth-order valence-electron chi connectivity index (χ4n) is 3.26. The summed E-state index contributed by atoms with van der Waals surface area (Å²) in [5, 5.41) is 3.27. The number of hydrogen-bond donors (Lipinski definition) is 1. The Labute approximate surface area is 168 Å². The quantitative estimate of drug-likeness (QED) is 0.561. The lowest BCUT2D eigenvalue weighted by atomic mass is 9.72. The Morgan fingerprint density at radius 2 is 1.74 bits per heavy atom. The van der Waals surface area contributed by atoms with Gasteiger partial charge >= 0.3 is 5.97 Å². The van der Waals surface area contributed by atoms with E-state index in [9.17, 15) is 4.79 Å². The Morgan fingerprint density at radius 3 is 2.37 bits per heavy atom. The number of nitrogens with one attached hydrogen (secondary N) is 1. The minimum Gasteiger partial charge on any atom is -0.465 e. The van der Waals surface area contributed by atoms with E-state index in [2.05, 4.69) is 5.32 Å². The van der Waals surface area contributed by atoms with Gasteiger partial charge in [0.15, 0.2) is 0 Å². The van der Waals surface area contributed by atoms with Gasteiger partial charge in [0.1, 0.15) is 0 Å². The highest BCUT2D eigenvalue weighted by molar-refractivity contribution is 5.83. The molecule has 4 heteroatoms. The molecule has 1 aliphatic rings. The largest absolute Gasteiger partial charge is 0.465 e. The summed E-state index contributed by atoms with van der Waals surface area (Å²) in [7, 11) is 0. The van der Waals surface area contributed by atoms with Crippen LogP contribution >= 0.6 is 0 Å². The number of piperidine rings is 1. The van der Waals surface area contributed by atoms with Crippen LogP contribution in [0.25, 0.3) is 0 Å². The number of ether oxygens (including phenoxy) is 1. The molecule has 0 amide bonds. The summed E-state index contributed by atoms with van der Waals surface area (Å²) in [6, 6.07) is 18.6. The fourth-order valence-corrected chi connectivity index (χ4v) is 3.26. The molecule has 1 aliphatic heterocycles. The maximum Gasteiger partial charge on any atom is 0.316 e. The third-order valence-corrected chi connectivity index (χ3v) is 4.80. The number of rotatable bonds is 8. The second kappa shape index (κ2) is 9.56. The predicted octanol–water partition coefficient (Wildman–Crippen LogP) is 4.09. The van der Waals surface area contributed by atoms with E-state index in [1.165, 1.54) is 4.90 Å². The Bertz CT molecular complexity index is 844. The zero-order valence-electron chi connectivity index (χ0n) is 19.8. The van der Waals surface area contributed by atoms with Crippen LogP contribution in [-0.4, -0.2) is 43.6 Å².